The van der Waals surface area contributed by atoms with Crippen molar-refractivity contribution in [1.82, 2.24) is 9.97 Å². The lowest BCUT2D eigenvalue weighted by Crippen LogP contribution is -2.25. The SMILES string of the molecule is CCC1CNc2nc(Cl)nc(C)c2NC1=O. The molecule has 2 N–H and O–H groups in total. The lowest BCUT2D eigenvalue weighted by Gasteiger charge is -2.09. The average molecular weight is 241 g/mol. The highest BCUT2D eigenvalue weighted by atomic mass is 35.5. The van der Waals surface area contributed by atoms with Gasteiger partial charge in [0.25, 0.3) is 0 Å². The van der Waals surface area contributed by atoms with E-state index in [1.807, 2.05) is 6.92 Å². The van der Waals surface area contributed by atoms with Gasteiger partial charge in [0.15, 0.2) is 5.82 Å². The fourth-order valence-electron chi connectivity index (χ4n) is 1.68. The van der Waals surface area contributed by atoms with Crippen LogP contribution in [-0.4, -0.2) is 22.4 Å². The summed E-state index contributed by atoms with van der Waals surface area (Å²) in [5, 5.41) is 6.14. The zero-order valence-electron chi connectivity index (χ0n) is 9.17. The van der Waals surface area contributed by atoms with Gasteiger partial charge in [0, 0.05) is 6.54 Å². The van der Waals surface area contributed by atoms with E-state index in [1.54, 1.807) is 6.92 Å². The molecule has 16 heavy (non-hydrogen) atoms. The third-order valence-electron chi connectivity index (χ3n) is 2.69. The number of hydrogen-bond donors (Lipinski definition) is 2. The number of aromatic nitrogens is 2. The molecule has 1 atom stereocenters. The standard InChI is InChI=1S/C10H13ClN4O/c1-3-6-4-12-8-7(14-9(6)16)5(2)13-10(11)15-8/h6H,3-4H2,1-2H3,(H,14,16)(H,12,13,15). The molecule has 86 valence electrons. The second kappa shape index (κ2) is 4.25. The summed E-state index contributed by atoms with van der Waals surface area (Å²) < 4.78 is 0. The van der Waals surface area contributed by atoms with Crippen LogP contribution in [0.5, 0.6) is 0 Å². The van der Waals surface area contributed by atoms with Gasteiger partial charge in [-0.15, -0.1) is 0 Å². The van der Waals surface area contributed by atoms with Crippen molar-refractivity contribution in [2.24, 2.45) is 5.92 Å². The van der Waals surface area contributed by atoms with Crippen LogP contribution < -0.4 is 10.6 Å². The minimum atomic E-state index is -0.0487. The molecule has 5 nitrogen and oxygen atoms in total. The highest BCUT2D eigenvalue weighted by Crippen LogP contribution is 2.27. The highest BCUT2D eigenvalue weighted by Gasteiger charge is 2.24. The van der Waals surface area contributed by atoms with E-state index in [-0.39, 0.29) is 17.1 Å². The smallest absolute Gasteiger partial charge is 0.229 e. The molecule has 1 aliphatic heterocycles. The molecule has 1 amide bonds. The Morgan fingerprint density at radius 3 is 2.94 bits per heavy atom. The molecule has 0 bridgehead atoms. The highest BCUT2D eigenvalue weighted by molar-refractivity contribution is 6.28. The third kappa shape index (κ3) is 1.95. The average Bonchev–Trinajstić information content (AvgIpc) is 2.38. The van der Waals surface area contributed by atoms with E-state index in [1.165, 1.54) is 0 Å². The number of carbonyl (C=O) groups is 1. The van der Waals surface area contributed by atoms with Crippen LogP contribution >= 0.6 is 11.6 Å². The number of amides is 1. The number of nitrogens with zero attached hydrogens (tertiary/aromatic N) is 2. The fraction of sp³-hybridized carbons (Fsp3) is 0.500. The van der Waals surface area contributed by atoms with Gasteiger partial charge in [-0.3, -0.25) is 4.79 Å². The van der Waals surface area contributed by atoms with Gasteiger partial charge in [-0.2, -0.15) is 4.98 Å². The van der Waals surface area contributed by atoms with Crippen LogP contribution in [0.4, 0.5) is 11.5 Å². The number of halogens is 1. The molecule has 0 aliphatic carbocycles. The monoisotopic (exact) mass is 240 g/mol. The first-order valence-electron chi connectivity index (χ1n) is 5.20. The molecule has 0 spiro atoms. The summed E-state index contributed by atoms with van der Waals surface area (Å²) in [4.78, 5) is 19.9. The number of hydrogen-bond acceptors (Lipinski definition) is 4. The summed E-state index contributed by atoms with van der Waals surface area (Å²) in [5.41, 5.74) is 1.30. The predicted octanol–water partition coefficient (Wildman–Crippen LogP) is 1.83. The Morgan fingerprint density at radius 2 is 2.25 bits per heavy atom. The molecule has 1 aromatic heterocycles. The molecule has 1 aromatic rings. The molecule has 1 unspecified atom stereocenters. The zero-order chi connectivity index (χ0) is 11.7. The van der Waals surface area contributed by atoms with E-state index in [0.29, 0.717) is 23.7 Å². The van der Waals surface area contributed by atoms with Crippen LogP contribution in [0.3, 0.4) is 0 Å². The van der Waals surface area contributed by atoms with Crippen molar-refractivity contribution in [2.75, 3.05) is 17.2 Å². The lowest BCUT2D eigenvalue weighted by molar-refractivity contribution is -0.119. The predicted molar refractivity (Wildman–Crippen MR) is 62.7 cm³/mol. The largest absolute Gasteiger partial charge is 0.367 e. The van der Waals surface area contributed by atoms with Gasteiger partial charge in [-0.25, -0.2) is 4.98 Å². The van der Waals surface area contributed by atoms with E-state index >= 15 is 0 Å². The molecular formula is C10H13ClN4O. The first kappa shape index (κ1) is 11.1. The Morgan fingerprint density at radius 1 is 1.50 bits per heavy atom. The van der Waals surface area contributed by atoms with Gasteiger partial charge >= 0.3 is 0 Å². The number of rotatable bonds is 1. The first-order valence-corrected chi connectivity index (χ1v) is 5.58. The number of fused-ring (bicyclic) bond motifs is 1. The third-order valence-corrected chi connectivity index (χ3v) is 2.86. The van der Waals surface area contributed by atoms with Crippen LogP contribution in [0.1, 0.15) is 19.0 Å². The summed E-state index contributed by atoms with van der Waals surface area (Å²) in [7, 11) is 0. The Bertz CT molecular complexity index is 435. The maximum atomic E-state index is 11.8. The lowest BCUT2D eigenvalue weighted by atomic mass is 10.1. The van der Waals surface area contributed by atoms with Gasteiger partial charge in [0.05, 0.1) is 11.6 Å². The van der Waals surface area contributed by atoms with Crippen molar-refractivity contribution in [3.8, 4) is 0 Å². The van der Waals surface area contributed by atoms with Gasteiger partial charge in [0.2, 0.25) is 11.2 Å². The van der Waals surface area contributed by atoms with Crippen molar-refractivity contribution in [2.45, 2.75) is 20.3 Å². The first-order chi connectivity index (χ1) is 7.61. The van der Waals surface area contributed by atoms with Crippen LogP contribution in [0, 0.1) is 12.8 Å². The van der Waals surface area contributed by atoms with E-state index in [0.717, 1.165) is 6.42 Å². The van der Waals surface area contributed by atoms with Gasteiger partial charge in [-0.1, -0.05) is 6.92 Å². The zero-order valence-corrected chi connectivity index (χ0v) is 9.93. The normalized spacial score (nSPS) is 19.4. The molecule has 2 rings (SSSR count). The van der Waals surface area contributed by atoms with E-state index in [4.69, 9.17) is 11.6 Å². The second-order valence-corrected chi connectivity index (χ2v) is 4.12. The van der Waals surface area contributed by atoms with Crippen LogP contribution in [0.2, 0.25) is 5.28 Å². The molecule has 2 heterocycles. The Hall–Kier alpha value is -1.36. The number of anilines is 2. The minimum Gasteiger partial charge on any atom is -0.367 e. The maximum absolute atomic E-state index is 11.8. The molecule has 6 heteroatoms. The summed E-state index contributed by atoms with van der Waals surface area (Å²) in [6.07, 6.45) is 0.785. The molecular weight excluding hydrogens is 228 g/mol. The van der Waals surface area contributed by atoms with Crippen molar-refractivity contribution in [1.29, 1.82) is 0 Å². The van der Waals surface area contributed by atoms with Crippen molar-refractivity contribution in [3.63, 3.8) is 0 Å². The van der Waals surface area contributed by atoms with Crippen LogP contribution in [0.25, 0.3) is 0 Å². The second-order valence-electron chi connectivity index (χ2n) is 3.78. The van der Waals surface area contributed by atoms with Crippen molar-refractivity contribution < 1.29 is 4.79 Å². The summed E-state index contributed by atoms with van der Waals surface area (Å²) in [5.74, 6) is 0.553. The topological polar surface area (TPSA) is 66.9 Å². The fourth-order valence-corrected chi connectivity index (χ4v) is 1.90. The van der Waals surface area contributed by atoms with Crippen LogP contribution in [-0.2, 0) is 4.79 Å². The quantitative estimate of drug-likeness (QED) is 0.735. The Kier molecular flexibility index (Phi) is 2.96. The Labute approximate surface area is 98.6 Å². The molecule has 0 saturated heterocycles. The van der Waals surface area contributed by atoms with Gasteiger partial charge < -0.3 is 10.6 Å². The van der Waals surface area contributed by atoms with Crippen molar-refractivity contribution >= 4 is 29.0 Å². The van der Waals surface area contributed by atoms with E-state index in [9.17, 15) is 4.79 Å². The van der Waals surface area contributed by atoms with Gasteiger partial charge in [-0.05, 0) is 24.9 Å². The summed E-state index contributed by atoms with van der Waals surface area (Å²) in [6.45, 7) is 4.34. The van der Waals surface area contributed by atoms with Gasteiger partial charge in [0.1, 0.15) is 5.69 Å². The van der Waals surface area contributed by atoms with E-state index < -0.39 is 0 Å². The minimum absolute atomic E-state index is 0.00257. The summed E-state index contributed by atoms with van der Waals surface area (Å²) >= 11 is 5.77. The summed E-state index contributed by atoms with van der Waals surface area (Å²) in [6, 6.07) is 0. The number of aryl methyl sites for hydroxylation is 1. The van der Waals surface area contributed by atoms with Crippen molar-refractivity contribution in [3.05, 3.63) is 11.0 Å². The molecule has 0 radical (unpaired) electrons. The Balaban J connectivity index is 2.40. The van der Waals surface area contributed by atoms with Crippen LogP contribution in [0.15, 0.2) is 0 Å². The molecule has 0 fully saturated rings. The molecule has 0 saturated carbocycles. The molecule has 0 aromatic carbocycles. The number of nitrogens with one attached hydrogen (secondary N) is 2. The maximum Gasteiger partial charge on any atom is 0.229 e. The number of carbonyl (C=O) groups excluding carboxylic acids is 1. The van der Waals surface area contributed by atoms with E-state index in [2.05, 4.69) is 20.6 Å². The molecule has 1 aliphatic rings.